The first kappa shape index (κ1) is 13.3. The van der Waals surface area contributed by atoms with Crippen molar-refractivity contribution < 1.29 is 9.84 Å². The fourth-order valence-corrected chi connectivity index (χ4v) is 2.36. The van der Waals surface area contributed by atoms with Gasteiger partial charge in [0.05, 0.1) is 24.0 Å². The van der Waals surface area contributed by atoms with E-state index in [0.717, 1.165) is 17.9 Å². The molecule has 1 aliphatic heterocycles. The fraction of sp³-hybridized carbons (Fsp3) is 0.615. The second-order valence-electron chi connectivity index (χ2n) is 5.27. The van der Waals surface area contributed by atoms with E-state index in [1.165, 1.54) is 0 Å². The summed E-state index contributed by atoms with van der Waals surface area (Å²) in [6, 6.07) is 3.96. The maximum atomic E-state index is 9.30. The molecule has 3 N–H and O–H groups in total. The van der Waals surface area contributed by atoms with E-state index in [0.29, 0.717) is 13.1 Å². The van der Waals surface area contributed by atoms with Crippen LogP contribution in [0.3, 0.4) is 0 Å². The van der Waals surface area contributed by atoms with Gasteiger partial charge in [-0.2, -0.15) is 0 Å². The molecule has 0 spiro atoms. The lowest BCUT2D eigenvalue weighted by Gasteiger charge is -2.43. The number of hydrogen-bond donors (Lipinski definition) is 2. The Morgan fingerprint density at radius 3 is 3.06 bits per heavy atom. The maximum Gasteiger partial charge on any atom is 0.0988 e. The van der Waals surface area contributed by atoms with Crippen LogP contribution >= 0.6 is 0 Å². The maximum absolute atomic E-state index is 9.30. The van der Waals surface area contributed by atoms with Gasteiger partial charge in [-0.3, -0.25) is 4.98 Å². The van der Waals surface area contributed by atoms with E-state index < -0.39 is 0 Å². The third-order valence-electron chi connectivity index (χ3n) is 3.06. The monoisotopic (exact) mass is 251 g/mol. The van der Waals surface area contributed by atoms with Crippen LogP contribution in [0.1, 0.15) is 19.5 Å². The molecule has 1 atom stereocenters. The molecule has 0 bridgehead atoms. The molecule has 1 fully saturated rings. The summed E-state index contributed by atoms with van der Waals surface area (Å²) < 4.78 is 5.80. The second kappa shape index (κ2) is 5.22. The lowest BCUT2D eigenvalue weighted by Crippen LogP contribution is -2.54. The van der Waals surface area contributed by atoms with Crippen molar-refractivity contribution in [2.45, 2.75) is 32.1 Å². The summed E-state index contributed by atoms with van der Waals surface area (Å²) in [7, 11) is 0. The van der Waals surface area contributed by atoms with E-state index in [-0.39, 0.29) is 18.3 Å². The summed E-state index contributed by atoms with van der Waals surface area (Å²) in [4.78, 5) is 6.41. The van der Waals surface area contributed by atoms with Crippen LogP contribution in [0.4, 0.5) is 5.69 Å². The van der Waals surface area contributed by atoms with Crippen molar-refractivity contribution in [1.29, 1.82) is 0 Å². The zero-order valence-corrected chi connectivity index (χ0v) is 11.0. The number of pyridine rings is 1. The fourth-order valence-electron chi connectivity index (χ4n) is 2.36. The average Bonchev–Trinajstić information content (AvgIpc) is 2.37. The van der Waals surface area contributed by atoms with Gasteiger partial charge in [-0.1, -0.05) is 0 Å². The summed E-state index contributed by atoms with van der Waals surface area (Å²) in [5.41, 5.74) is 7.30. The minimum Gasteiger partial charge on any atom is -0.394 e. The van der Waals surface area contributed by atoms with Crippen LogP contribution in [0.25, 0.3) is 0 Å². The number of hydrogen-bond acceptors (Lipinski definition) is 5. The third-order valence-corrected chi connectivity index (χ3v) is 3.06. The molecule has 1 aromatic heterocycles. The van der Waals surface area contributed by atoms with Crippen LogP contribution in [-0.2, 0) is 11.3 Å². The Hall–Kier alpha value is -1.17. The summed E-state index contributed by atoms with van der Waals surface area (Å²) in [6.07, 6.45) is 1.62. The van der Waals surface area contributed by atoms with Gasteiger partial charge in [0.2, 0.25) is 0 Å². The highest BCUT2D eigenvalue weighted by atomic mass is 16.5. The average molecular weight is 251 g/mol. The highest BCUT2D eigenvalue weighted by Gasteiger charge is 2.33. The number of aliphatic hydroxyl groups is 1. The molecular weight excluding hydrogens is 230 g/mol. The minimum absolute atomic E-state index is 0.0365. The molecule has 5 nitrogen and oxygen atoms in total. The molecule has 5 heteroatoms. The van der Waals surface area contributed by atoms with Gasteiger partial charge < -0.3 is 20.5 Å². The molecule has 1 aliphatic rings. The van der Waals surface area contributed by atoms with Crippen LogP contribution in [0.2, 0.25) is 0 Å². The van der Waals surface area contributed by atoms with Crippen molar-refractivity contribution in [1.82, 2.24) is 4.98 Å². The molecule has 1 saturated heterocycles. The topological polar surface area (TPSA) is 71.6 Å². The Morgan fingerprint density at radius 2 is 2.39 bits per heavy atom. The van der Waals surface area contributed by atoms with Crippen molar-refractivity contribution >= 4 is 5.69 Å². The smallest absolute Gasteiger partial charge is 0.0988 e. The number of ether oxygens (including phenoxy) is 1. The molecule has 0 aromatic carbocycles. The molecule has 1 unspecified atom stereocenters. The van der Waals surface area contributed by atoms with Crippen molar-refractivity contribution in [3.05, 3.63) is 24.0 Å². The molecule has 0 amide bonds. The van der Waals surface area contributed by atoms with E-state index in [1.54, 1.807) is 6.20 Å². The predicted octanol–water partition coefficient (Wildman–Crippen LogP) is 0.516. The van der Waals surface area contributed by atoms with Gasteiger partial charge in [-0.05, 0) is 26.0 Å². The quantitative estimate of drug-likeness (QED) is 0.819. The number of morpholine rings is 1. The van der Waals surface area contributed by atoms with Crippen molar-refractivity contribution in [2.75, 3.05) is 24.6 Å². The van der Waals surface area contributed by atoms with Crippen molar-refractivity contribution in [2.24, 2.45) is 5.73 Å². The Bertz CT molecular complexity index is 409. The molecule has 2 heterocycles. The van der Waals surface area contributed by atoms with Gasteiger partial charge >= 0.3 is 0 Å². The highest BCUT2D eigenvalue weighted by molar-refractivity contribution is 5.47. The van der Waals surface area contributed by atoms with E-state index in [9.17, 15) is 5.11 Å². The number of nitrogens with zero attached hydrogens (tertiary/aromatic N) is 2. The first-order chi connectivity index (χ1) is 8.54. The first-order valence-corrected chi connectivity index (χ1v) is 6.23. The van der Waals surface area contributed by atoms with Crippen molar-refractivity contribution in [3.8, 4) is 0 Å². The molecule has 0 radical (unpaired) electrons. The zero-order valence-electron chi connectivity index (χ0n) is 11.0. The summed E-state index contributed by atoms with van der Waals surface area (Å²) in [6.45, 7) is 6.02. The summed E-state index contributed by atoms with van der Waals surface area (Å²) in [5, 5.41) is 9.30. The Labute approximate surface area is 108 Å². The van der Waals surface area contributed by atoms with Crippen LogP contribution in [0, 0.1) is 0 Å². The SMILES string of the molecule is CC1(C)CN(c2ccnc(CN)c2)CC(CO)O1. The number of anilines is 1. The second-order valence-corrected chi connectivity index (χ2v) is 5.27. The van der Waals surface area contributed by atoms with Gasteiger partial charge in [0.25, 0.3) is 0 Å². The van der Waals surface area contributed by atoms with Gasteiger partial charge in [-0.15, -0.1) is 0 Å². The third kappa shape index (κ3) is 2.98. The van der Waals surface area contributed by atoms with Crippen molar-refractivity contribution in [3.63, 3.8) is 0 Å². The first-order valence-electron chi connectivity index (χ1n) is 6.23. The predicted molar refractivity (Wildman–Crippen MR) is 70.4 cm³/mol. The van der Waals surface area contributed by atoms with Crippen LogP contribution in [0.15, 0.2) is 18.3 Å². The number of nitrogens with two attached hydrogens (primary N) is 1. The van der Waals surface area contributed by atoms with E-state index in [2.05, 4.69) is 9.88 Å². The molecule has 0 saturated carbocycles. The molecular formula is C13H21N3O2. The number of aromatic nitrogens is 1. The van der Waals surface area contributed by atoms with Crippen LogP contribution < -0.4 is 10.6 Å². The largest absolute Gasteiger partial charge is 0.394 e. The highest BCUT2D eigenvalue weighted by Crippen LogP contribution is 2.26. The molecule has 18 heavy (non-hydrogen) atoms. The zero-order chi connectivity index (χ0) is 13.2. The van der Waals surface area contributed by atoms with Gasteiger partial charge in [0.1, 0.15) is 0 Å². The van der Waals surface area contributed by atoms with E-state index in [1.807, 2.05) is 26.0 Å². The van der Waals surface area contributed by atoms with Gasteiger partial charge in [0.15, 0.2) is 0 Å². The molecule has 2 rings (SSSR count). The Balaban J connectivity index is 2.20. The number of rotatable bonds is 3. The normalized spacial score (nSPS) is 23.1. The summed E-state index contributed by atoms with van der Waals surface area (Å²) >= 11 is 0. The standard InChI is InChI=1S/C13H21N3O2/c1-13(2)9-16(7-12(8-17)18-13)11-3-4-15-10(5-11)6-14/h3-5,12,17H,6-9,14H2,1-2H3. The Kier molecular flexibility index (Phi) is 3.85. The van der Waals surface area contributed by atoms with E-state index >= 15 is 0 Å². The van der Waals surface area contributed by atoms with Crippen LogP contribution in [-0.4, -0.2) is 41.5 Å². The van der Waals surface area contributed by atoms with Crippen LogP contribution in [0.5, 0.6) is 0 Å². The number of aliphatic hydroxyl groups excluding tert-OH is 1. The Morgan fingerprint density at radius 1 is 1.61 bits per heavy atom. The molecule has 1 aromatic rings. The minimum atomic E-state index is -0.266. The van der Waals surface area contributed by atoms with Gasteiger partial charge in [-0.25, -0.2) is 0 Å². The molecule has 0 aliphatic carbocycles. The van der Waals surface area contributed by atoms with Gasteiger partial charge in [0, 0.05) is 31.5 Å². The lowest BCUT2D eigenvalue weighted by atomic mass is 10.0. The summed E-state index contributed by atoms with van der Waals surface area (Å²) in [5.74, 6) is 0. The van der Waals surface area contributed by atoms with E-state index in [4.69, 9.17) is 10.5 Å². The molecule has 100 valence electrons. The lowest BCUT2D eigenvalue weighted by molar-refractivity contribution is -0.101.